The highest BCUT2D eigenvalue weighted by Gasteiger charge is 2.49. The number of benzene rings is 2. The van der Waals surface area contributed by atoms with Crippen molar-refractivity contribution in [1.82, 2.24) is 14.9 Å². The molecule has 8 rings (SSSR count). The van der Waals surface area contributed by atoms with Gasteiger partial charge in [-0.15, -0.1) is 11.3 Å². The van der Waals surface area contributed by atoms with E-state index in [1.165, 1.54) is 12.1 Å². The number of ether oxygens (including phenoxy) is 2. The monoisotopic (exact) mass is 684 g/mol. The average molecular weight is 685 g/mol. The fourth-order valence-corrected chi connectivity index (χ4v) is 9.61. The number of aromatic nitrogens is 2. The number of aliphatic hydroxyl groups excluding tert-OH is 1. The molecule has 3 saturated heterocycles. The number of halogens is 4. The maximum Gasteiger partial charge on any atom is 0.319 e. The van der Waals surface area contributed by atoms with Crippen molar-refractivity contribution in [2.45, 2.75) is 62.9 Å². The van der Waals surface area contributed by atoms with Crippen LogP contribution in [0.1, 0.15) is 44.6 Å². The second-order valence-corrected chi connectivity index (χ2v) is 14.6. The third kappa shape index (κ3) is 4.63. The van der Waals surface area contributed by atoms with Gasteiger partial charge in [0.05, 0.1) is 38.4 Å². The summed E-state index contributed by atoms with van der Waals surface area (Å²) in [4.78, 5) is 13.5. The van der Waals surface area contributed by atoms with E-state index in [9.17, 15) is 19.1 Å². The lowest BCUT2D eigenvalue weighted by molar-refractivity contribution is 0.0753. The zero-order valence-corrected chi connectivity index (χ0v) is 27.1. The Morgan fingerprint density at radius 1 is 1.28 bits per heavy atom. The standard InChI is InChI=1S/C33H32ClF3N6O3S/c1-15(44)17-4-2-9-43-21(17)13-45-28-24-27(40-32(41-31(24)43)46-14-33-7-3-8-42(33)12-16(35)10-33)26(37)23(25(28)34)18-5-6-20(36)29-22(18)19(11-38)30(39)47-29/h5-6,15-17,21,44H,2-4,7-10,12-14,39H2,1H3/t15?,16-,17?,21?,33?/m1/s1. The summed E-state index contributed by atoms with van der Waals surface area (Å²) >= 11 is 7.94. The Balaban J connectivity index is 1.35. The number of anilines is 2. The van der Waals surface area contributed by atoms with Gasteiger partial charge in [0, 0.05) is 36.4 Å². The van der Waals surface area contributed by atoms with E-state index in [1.807, 2.05) is 11.0 Å². The van der Waals surface area contributed by atoms with Crippen LogP contribution in [0.2, 0.25) is 5.02 Å². The van der Waals surface area contributed by atoms with Crippen molar-refractivity contribution in [2.24, 2.45) is 5.92 Å². The molecule has 4 aromatic rings. The average Bonchev–Trinajstić information content (AvgIpc) is 3.65. The second kappa shape index (κ2) is 11.3. The molecule has 2 aromatic carbocycles. The highest BCUT2D eigenvalue weighted by atomic mass is 35.5. The largest absolute Gasteiger partial charge is 0.489 e. The SMILES string of the molecule is CC(O)C1CCCN2c3nc(OCC45CCCN4C[C@H](F)C5)nc4c(F)c(-c5ccc(F)c6sc(N)c(C#N)c56)c(Cl)c(c34)OCC12. The number of nitrogens with two attached hydrogens (primary N) is 1. The molecule has 0 bridgehead atoms. The van der Waals surface area contributed by atoms with Gasteiger partial charge in [-0.2, -0.15) is 15.2 Å². The van der Waals surface area contributed by atoms with Gasteiger partial charge in [0.15, 0.2) is 11.6 Å². The van der Waals surface area contributed by atoms with E-state index in [4.69, 9.17) is 31.8 Å². The van der Waals surface area contributed by atoms with E-state index >= 15 is 4.39 Å². The van der Waals surface area contributed by atoms with E-state index in [2.05, 4.69) is 9.88 Å². The minimum Gasteiger partial charge on any atom is -0.489 e. The fourth-order valence-electron chi connectivity index (χ4n) is 8.33. The maximum atomic E-state index is 17.1. The molecule has 0 saturated carbocycles. The lowest BCUT2D eigenvalue weighted by Gasteiger charge is -2.42. The van der Waals surface area contributed by atoms with Gasteiger partial charge in [-0.05, 0) is 50.8 Å². The van der Waals surface area contributed by atoms with Crippen molar-refractivity contribution in [3.63, 3.8) is 0 Å². The Bertz CT molecular complexity index is 1990. The van der Waals surface area contributed by atoms with Crippen LogP contribution in [-0.2, 0) is 0 Å². The van der Waals surface area contributed by atoms with Gasteiger partial charge >= 0.3 is 6.01 Å². The summed E-state index contributed by atoms with van der Waals surface area (Å²) in [5, 5.41) is 21.1. The third-order valence-electron chi connectivity index (χ3n) is 10.5. The van der Waals surface area contributed by atoms with Crippen LogP contribution in [0.25, 0.3) is 32.1 Å². The summed E-state index contributed by atoms with van der Waals surface area (Å²) in [7, 11) is 0. The summed E-state index contributed by atoms with van der Waals surface area (Å²) in [6.07, 6.45) is 1.97. The topological polar surface area (TPSA) is 121 Å². The lowest BCUT2D eigenvalue weighted by atomic mass is 9.85. The number of nitriles is 1. The Labute approximate surface area is 277 Å². The minimum atomic E-state index is -0.952. The number of thiophene rings is 1. The Hall–Kier alpha value is -3.57. The number of hydrogen-bond donors (Lipinski definition) is 2. The molecule has 0 amide bonds. The van der Waals surface area contributed by atoms with Gasteiger partial charge < -0.3 is 25.2 Å². The molecule has 4 aliphatic rings. The Kier molecular flexibility index (Phi) is 7.36. The maximum absolute atomic E-state index is 17.1. The molecule has 2 aromatic heterocycles. The number of piperidine rings is 1. The molecule has 4 unspecified atom stereocenters. The first-order valence-corrected chi connectivity index (χ1v) is 17.0. The van der Waals surface area contributed by atoms with E-state index in [1.54, 1.807) is 6.92 Å². The van der Waals surface area contributed by atoms with Crippen molar-refractivity contribution in [3.8, 4) is 29.0 Å². The molecule has 47 heavy (non-hydrogen) atoms. The van der Waals surface area contributed by atoms with Gasteiger partial charge in [-0.3, -0.25) is 4.90 Å². The number of nitrogen functional groups attached to an aromatic ring is 1. The fraction of sp³-hybridized carbons (Fsp3) is 0.485. The highest BCUT2D eigenvalue weighted by Crippen LogP contribution is 2.52. The molecular formula is C33H32ClF3N6O3S. The molecule has 14 heteroatoms. The van der Waals surface area contributed by atoms with Gasteiger partial charge in [0.2, 0.25) is 0 Å². The first kappa shape index (κ1) is 30.7. The van der Waals surface area contributed by atoms with Crippen LogP contribution in [-0.4, -0.2) is 76.7 Å². The summed E-state index contributed by atoms with van der Waals surface area (Å²) in [6, 6.07) is 4.21. The van der Waals surface area contributed by atoms with Crippen LogP contribution in [0.15, 0.2) is 12.1 Å². The molecule has 4 aliphatic heterocycles. The van der Waals surface area contributed by atoms with E-state index < -0.39 is 29.4 Å². The highest BCUT2D eigenvalue weighted by molar-refractivity contribution is 7.23. The lowest BCUT2D eigenvalue weighted by Crippen LogP contribution is -2.51. The molecule has 0 aliphatic carbocycles. The molecule has 0 radical (unpaired) electrons. The van der Waals surface area contributed by atoms with Crippen molar-refractivity contribution in [2.75, 3.05) is 43.5 Å². The normalized spacial score (nSPS) is 26.1. The smallest absolute Gasteiger partial charge is 0.319 e. The predicted octanol–water partition coefficient (Wildman–Crippen LogP) is 6.21. The van der Waals surface area contributed by atoms with Gasteiger partial charge in [-0.1, -0.05) is 17.7 Å². The number of fused-ring (bicyclic) bond motifs is 4. The van der Waals surface area contributed by atoms with Crippen LogP contribution in [0, 0.1) is 28.9 Å². The molecule has 6 heterocycles. The summed E-state index contributed by atoms with van der Waals surface area (Å²) < 4.78 is 59.4. The number of nitrogens with zero attached hydrogens (tertiary/aromatic N) is 5. The molecule has 9 nitrogen and oxygen atoms in total. The predicted molar refractivity (Wildman–Crippen MR) is 174 cm³/mol. The van der Waals surface area contributed by atoms with E-state index in [0.717, 1.165) is 43.6 Å². The summed E-state index contributed by atoms with van der Waals surface area (Å²) in [5.74, 6) is -1.06. The minimum absolute atomic E-state index is 0.0225. The molecule has 246 valence electrons. The molecule has 0 spiro atoms. The van der Waals surface area contributed by atoms with Crippen LogP contribution in [0.4, 0.5) is 24.0 Å². The molecule has 3 N–H and O–H groups in total. The molecule has 3 fully saturated rings. The van der Waals surface area contributed by atoms with Gasteiger partial charge in [-0.25, -0.2) is 13.2 Å². The first-order chi connectivity index (χ1) is 22.6. The molecule has 5 atom stereocenters. The van der Waals surface area contributed by atoms with Gasteiger partial charge in [0.25, 0.3) is 0 Å². The van der Waals surface area contributed by atoms with Gasteiger partial charge in [0.1, 0.15) is 47.6 Å². The van der Waals surface area contributed by atoms with Crippen LogP contribution < -0.4 is 20.1 Å². The zero-order chi connectivity index (χ0) is 32.8. The Morgan fingerprint density at radius 2 is 2.11 bits per heavy atom. The third-order valence-corrected chi connectivity index (χ3v) is 11.9. The molecular weight excluding hydrogens is 653 g/mol. The second-order valence-electron chi connectivity index (χ2n) is 13.1. The number of hydrogen-bond acceptors (Lipinski definition) is 10. The zero-order valence-electron chi connectivity index (χ0n) is 25.5. The quantitative estimate of drug-likeness (QED) is 0.253. The van der Waals surface area contributed by atoms with Crippen LogP contribution >= 0.6 is 22.9 Å². The van der Waals surface area contributed by atoms with Crippen molar-refractivity contribution in [1.29, 1.82) is 5.26 Å². The summed E-state index contributed by atoms with van der Waals surface area (Å²) in [5.41, 5.74) is 5.57. The van der Waals surface area contributed by atoms with Crippen LogP contribution in [0.5, 0.6) is 11.8 Å². The number of aliphatic hydroxyl groups is 1. The Morgan fingerprint density at radius 3 is 2.89 bits per heavy atom. The van der Waals surface area contributed by atoms with Crippen molar-refractivity contribution >= 4 is 54.7 Å². The van der Waals surface area contributed by atoms with Crippen molar-refractivity contribution < 1.29 is 27.8 Å². The summed E-state index contributed by atoms with van der Waals surface area (Å²) in [6.45, 7) is 3.72. The van der Waals surface area contributed by atoms with E-state index in [-0.39, 0.29) is 84.6 Å². The van der Waals surface area contributed by atoms with Crippen molar-refractivity contribution in [3.05, 3.63) is 34.4 Å². The van der Waals surface area contributed by atoms with E-state index in [0.29, 0.717) is 25.3 Å². The number of alkyl halides is 1. The first-order valence-electron chi connectivity index (χ1n) is 15.8. The number of rotatable bonds is 5. The van der Waals surface area contributed by atoms with Crippen LogP contribution in [0.3, 0.4) is 0 Å².